The molecule has 6 heteroatoms. The van der Waals surface area contributed by atoms with Crippen molar-refractivity contribution >= 4 is 17.2 Å². The number of nitrogens with zero attached hydrogens (tertiary/aromatic N) is 2. The quantitative estimate of drug-likeness (QED) is 0.876. The number of anilines is 3. The number of benzene rings is 1. The number of nitrogen functional groups attached to an aromatic ring is 1. The van der Waals surface area contributed by atoms with E-state index in [1.165, 1.54) is 13.4 Å². The number of aromatic nitrogens is 2. The second-order valence-electron chi connectivity index (χ2n) is 3.97. The summed E-state index contributed by atoms with van der Waals surface area (Å²) < 4.78 is 10.3. The van der Waals surface area contributed by atoms with Crippen LogP contribution in [0.1, 0.15) is 5.56 Å². The van der Waals surface area contributed by atoms with E-state index in [0.717, 1.165) is 11.3 Å². The number of nitrogens with two attached hydrogens (primary N) is 1. The lowest BCUT2D eigenvalue weighted by molar-refractivity contribution is 0.399. The summed E-state index contributed by atoms with van der Waals surface area (Å²) in [5.74, 6) is 1.53. The van der Waals surface area contributed by atoms with Crippen LogP contribution in [0.4, 0.5) is 17.2 Å². The average Bonchev–Trinajstić information content (AvgIpc) is 2.41. The predicted octanol–water partition coefficient (Wildman–Crippen LogP) is 2.13. The van der Waals surface area contributed by atoms with Gasteiger partial charge in [0, 0.05) is 0 Å². The van der Waals surface area contributed by atoms with Gasteiger partial charge in [-0.05, 0) is 24.6 Å². The Kier molecular flexibility index (Phi) is 3.70. The average molecular weight is 260 g/mol. The zero-order chi connectivity index (χ0) is 13.8. The van der Waals surface area contributed by atoms with Gasteiger partial charge in [-0.2, -0.15) is 4.98 Å². The Morgan fingerprint density at radius 2 is 1.95 bits per heavy atom. The van der Waals surface area contributed by atoms with Crippen molar-refractivity contribution in [1.82, 2.24) is 9.97 Å². The minimum atomic E-state index is 0.337. The minimum absolute atomic E-state index is 0.337. The van der Waals surface area contributed by atoms with Gasteiger partial charge in [0.25, 0.3) is 0 Å². The molecule has 100 valence electrons. The Balaban J connectivity index is 2.38. The third kappa shape index (κ3) is 2.67. The van der Waals surface area contributed by atoms with Crippen molar-refractivity contribution in [3.8, 4) is 11.6 Å². The molecule has 0 atom stereocenters. The van der Waals surface area contributed by atoms with E-state index in [4.69, 9.17) is 15.2 Å². The lowest BCUT2D eigenvalue weighted by atomic mass is 10.2. The SMILES string of the molecule is COc1ccc(C)cc1Nc1ncnc(OC)c1N. The molecular weight excluding hydrogens is 244 g/mol. The first-order valence-electron chi connectivity index (χ1n) is 5.72. The van der Waals surface area contributed by atoms with Gasteiger partial charge in [-0.3, -0.25) is 0 Å². The molecule has 0 aliphatic rings. The van der Waals surface area contributed by atoms with Crippen LogP contribution in [0.15, 0.2) is 24.5 Å². The van der Waals surface area contributed by atoms with Crippen LogP contribution in [0.2, 0.25) is 0 Å². The lowest BCUT2D eigenvalue weighted by Gasteiger charge is -2.13. The molecule has 0 radical (unpaired) electrons. The first-order valence-corrected chi connectivity index (χ1v) is 5.72. The van der Waals surface area contributed by atoms with Gasteiger partial charge in [0.15, 0.2) is 5.82 Å². The number of rotatable bonds is 4. The van der Waals surface area contributed by atoms with E-state index < -0.39 is 0 Å². The number of hydrogen-bond acceptors (Lipinski definition) is 6. The highest BCUT2D eigenvalue weighted by atomic mass is 16.5. The molecular formula is C13H16N4O2. The van der Waals surface area contributed by atoms with Crippen molar-refractivity contribution < 1.29 is 9.47 Å². The molecule has 0 amide bonds. The van der Waals surface area contributed by atoms with Crippen LogP contribution in [0.25, 0.3) is 0 Å². The summed E-state index contributed by atoms with van der Waals surface area (Å²) in [6.07, 6.45) is 1.39. The molecule has 0 saturated carbocycles. The number of aryl methyl sites for hydroxylation is 1. The fraction of sp³-hybridized carbons (Fsp3) is 0.231. The van der Waals surface area contributed by atoms with E-state index in [-0.39, 0.29) is 0 Å². The van der Waals surface area contributed by atoms with Crippen LogP contribution in [0.5, 0.6) is 11.6 Å². The molecule has 1 aromatic heterocycles. The molecule has 2 rings (SSSR count). The summed E-state index contributed by atoms with van der Waals surface area (Å²) in [6.45, 7) is 1.99. The van der Waals surface area contributed by atoms with Crippen molar-refractivity contribution in [3.05, 3.63) is 30.1 Å². The Morgan fingerprint density at radius 1 is 1.16 bits per heavy atom. The third-order valence-electron chi connectivity index (χ3n) is 2.65. The zero-order valence-corrected chi connectivity index (χ0v) is 11.1. The van der Waals surface area contributed by atoms with E-state index >= 15 is 0 Å². The Morgan fingerprint density at radius 3 is 2.63 bits per heavy atom. The minimum Gasteiger partial charge on any atom is -0.495 e. The van der Waals surface area contributed by atoms with Crippen LogP contribution in [0.3, 0.4) is 0 Å². The van der Waals surface area contributed by atoms with Gasteiger partial charge in [0.1, 0.15) is 17.8 Å². The predicted molar refractivity (Wildman–Crippen MR) is 74.0 cm³/mol. The van der Waals surface area contributed by atoms with Gasteiger partial charge < -0.3 is 20.5 Å². The lowest BCUT2D eigenvalue weighted by Crippen LogP contribution is -2.04. The molecule has 19 heavy (non-hydrogen) atoms. The number of hydrogen-bond donors (Lipinski definition) is 2. The first kappa shape index (κ1) is 12.9. The van der Waals surface area contributed by atoms with Gasteiger partial charge >= 0.3 is 0 Å². The van der Waals surface area contributed by atoms with Gasteiger partial charge in [-0.25, -0.2) is 4.98 Å². The molecule has 0 aliphatic carbocycles. The van der Waals surface area contributed by atoms with Crippen molar-refractivity contribution in [2.75, 3.05) is 25.3 Å². The van der Waals surface area contributed by atoms with Crippen LogP contribution in [-0.4, -0.2) is 24.2 Å². The van der Waals surface area contributed by atoms with E-state index in [1.54, 1.807) is 7.11 Å². The maximum atomic E-state index is 5.92. The fourth-order valence-electron chi connectivity index (χ4n) is 1.69. The maximum absolute atomic E-state index is 5.92. The van der Waals surface area contributed by atoms with Crippen molar-refractivity contribution in [2.45, 2.75) is 6.92 Å². The van der Waals surface area contributed by atoms with Crippen LogP contribution in [-0.2, 0) is 0 Å². The zero-order valence-electron chi connectivity index (χ0n) is 11.1. The molecule has 0 fully saturated rings. The largest absolute Gasteiger partial charge is 0.495 e. The highest BCUT2D eigenvalue weighted by Gasteiger charge is 2.11. The molecule has 0 spiro atoms. The highest BCUT2D eigenvalue weighted by molar-refractivity contribution is 5.75. The first-order chi connectivity index (χ1) is 9.15. The highest BCUT2D eigenvalue weighted by Crippen LogP contribution is 2.32. The number of nitrogens with one attached hydrogen (secondary N) is 1. The van der Waals surface area contributed by atoms with Crippen molar-refractivity contribution in [2.24, 2.45) is 0 Å². The molecule has 2 aromatic rings. The molecule has 0 unspecified atom stereocenters. The Labute approximate surface area is 111 Å². The van der Waals surface area contributed by atoms with Crippen LogP contribution in [0, 0.1) is 6.92 Å². The monoisotopic (exact) mass is 260 g/mol. The van der Waals surface area contributed by atoms with E-state index in [9.17, 15) is 0 Å². The van der Waals surface area contributed by atoms with Crippen molar-refractivity contribution in [3.63, 3.8) is 0 Å². The van der Waals surface area contributed by atoms with Crippen LogP contribution < -0.4 is 20.5 Å². The van der Waals surface area contributed by atoms with Crippen molar-refractivity contribution in [1.29, 1.82) is 0 Å². The smallest absolute Gasteiger partial charge is 0.242 e. The molecule has 0 bridgehead atoms. The molecule has 1 aromatic carbocycles. The maximum Gasteiger partial charge on any atom is 0.242 e. The van der Waals surface area contributed by atoms with Gasteiger partial charge in [-0.15, -0.1) is 0 Å². The van der Waals surface area contributed by atoms with E-state index in [0.29, 0.717) is 23.1 Å². The third-order valence-corrected chi connectivity index (χ3v) is 2.65. The summed E-state index contributed by atoms with van der Waals surface area (Å²) in [4.78, 5) is 8.03. The second kappa shape index (κ2) is 5.43. The summed E-state index contributed by atoms with van der Waals surface area (Å²) in [5, 5.41) is 3.13. The van der Waals surface area contributed by atoms with E-state index in [2.05, 4.69) is 15.3 Å². The van der Waals surface area contributed by atoms with E-state index in [1.807, 2.05) is 25.1 Å². The summed E-state index contributed by atoms with van der Waals surface area (Å²) >= 11 is 0. The number of methoxy groups -OCH3 is 2. The summed E-state index contributed by atoms with van der Waals surface area (Å²) in [7, 11) is 3.12. The van der Waals surface area contributed by atoms with Gasteiger partial charge in [0.05, 0.1) is 19.9 Å². The fourth-order valence-corrected chi connectivity index (χ4v) is 1.69. The number of ether oxygens (including phenoxy) is 2. The van der Waals surface area contributed by atoms with Gasteiger partial charge in [0.2, 0.25) is 5.88 Å². The molecule has 3 N–H and O–H groups in total. The summed E-state index contributed by atoms with van der Waals surface area (Å²) in [5.41, 5.74) is 8.16. The Hall–Kier alpha value is -2.50. The second-order valence-corrected chi connectivity index (χ2v) is 3.97. The standard InChI is InChI=1S/C13H16N4O2/c1-8-4-5-10(18-2)9(6-8)17-12-11(14)13(19-3)16-7-15-12/h4-7H,14H2,1-3H3,(H,15,16,17). The Bertz CT molecular complexity index is 587. The molecule has 1 heterocycles. The normalized spacial score (nSPS) is 10.1. The van der Waals surface area contributed by atoms with Crippen LogP contribution >= 0.6 is 0 Å². The topological polar surface area (TPSA) is 82.3 Å². The molecule has 0 saturated heterocycles. The molecule has 0 aliphatic heterocycles. The van der Waals surface area contributed by atoms with Gasteiger partial charge in [-0.1, -0.05) is 6.07 Å². The summed E-state index contributed by atoms with van der Waals surface area (Å²) in [6, 6.07) is 5.80. The molecule has 6 nitrogen and oxygen atoms in total.